The van der Waals surface area contributed by atoms with E-state index in [-0.39, 0.29) is 12.4 Å². The summed E-state index contributed by atoms with van der Waals surface area (Å²) in [5.41, 5.74) is 0. The van der Waals surface area contributed by atoms with E-state index in [1.54, 1.807) is 30.0 Å². The predicted octanol–water partition coefficient (Wildman–Crippen LogP) is 2.30. The first kappa shape index (κ1) is 16.3. The Kier molecular flexibility index (Phi) is 7.86. The van der Waals surface area contributed by atoms with Crippen molar-refractivity contribution < 1.29 is 14.2 Å². The topological polar surface area (TPSA) is 41.5 Å². The zero-order chi connectivity index (χ0) is 14.1. The van der Waals surface area contributed by atoms with Crippen LogP contribution in [0.15, 0.2) is 24.3 Å². The molecule has 2 atom stereocenters. The molecule has 0 bridgehead atoms. The van der Waals surface area contributed by atoms with Crippen molar-refractivity contribution in [3.05, 3.63) is 30.1 Å². The van der Waals surface area contributed by atoms with Crippen molar-refractivity contribution >= 4 is 11.8 Å². The minimum atomic E-state index is -0.643. The van der Waals surface area contributed by atoms with Gasteiger partial charge in [0, 0.05) is 18.3 Å². The molecule has 0 aliphatic heterocycles. The third kappa shape index (κ3) is 6.27. The fourth-order valence-corrected chi connectivity index (χ4v) is 2.39. The molecule has 0 amide bonds. The van der Waals surface area contributed by atoms with Gasteiger partial charge in [0.2, 0.25) is 0 Å². The van der Waals surface area contributed by atoms with Gasteiger partial charge < -0.3 is 15.2 Å². The Morgan fingerprint density at radius 2 is 2.16 bits per heavy atom. The molecule has 0 aliphatic carbocycles. The van der Waals surface area contributed by atoms with Crippen molar-refractivity contribution in [3.8, 4) is 5.75 Å². The Balaban J connectivity index is 2.28. The third-order valence-electron chi connectivity index (χ3n) is 2.77. The average molecular weight is 287 g/mol. The van der Waals surface area contributed by atoms with Gasteiger partial charge in [0.25, 0.3) is 0 Å². The quantitative estimate of drug-likeness (QED) is 0.731. The lowest BCUT2D eigenvalue weighted by atomic mass is 10.2. The number of aliphatic hydroxyl groups excluding tert-OH is 1. The second-order valence-electron chi connectivity index (χ2n) is 4.36. The zero-order valence-corrected chi connectivity index (χ0v) is 12.3. The Hall–Kier alpha value is -0.780. The summed E-state index contributed by atoms with van der Waals surface area (Å²) in [6, 6.07) is 6.59. The van der Waals surface area contributed by atoms with E-state index in [1.165, 1.54) is 6.07 Å². The molecule has 0 aromatic heterocycles. The third-order valence-corrected chi connectivity index (χ3v) is 3.51. The number of aliphatic hydroxyl groups is 1. The van der Waals surface area contributed by atoms with Crippen LogP contribution in [-0.2, 0) is 0 Å². The molecule has 0 saturated heterocycles. The number of ether oxygens (including phenoxy) is 1. The summed E-state index contributed by atoms with van der Waals surface area (Å²) in [5.74, 6) is 0.784. The van der Waals surface area contributed by atoms with Crippen molar-refractivity contribution in [2.75, 3.05) is 25.2 Å². The predicted molar refractivity (Wildman–Crippen MR) is 78.4 cm³/mol. The van der Waals surface area contributed by atoms with E-state index in [2.05, 4.69) is 18.5 Å². The van der Waals surface area contributed by atoms with Crippen LogP contribution in [0.4, 0.5) is 4.39 Å². The summed E-state index contributed by atoms with van der Waals surface area (Å²) in [6.45, 7) is 2.65. The average Bonchev–Trinajstić information content (AvgIpc) is 2.42. The minimum absolute atomic E-state index is 0.0869. The summed E-state index contributed by atoms with van der Waals surface area (Å²) >= 11 is 1.77. The number of benzene rings is 1. The number of nitrogens with one attached hydrogen (secondary N) is 1. The Bertz CT molecular complexity index is 365. The first-order valence-corrected chi connectivity index (χ1v) is 7.84. The summed E-state index contributed by atoms with van der Waals surface area (Å²) in [4.78, 5) is 0. The van der Waals surface area contributed by atoms with E-state index in [1.807, 2.05) is 0 Å². The van der Waals surface area contributed by atoms with E-state index in [0.717, 1.165) is 12.2 Å². The monoisotopic (exact) mass is 287 g/mol. The number of rotatable bonds is 9. The van der Waals surface area contributed by atoms with Crippen LogP contribution < -0.4 is 10.1 Å². The van der Waals surface area contributed by atoms with Crippen molar-refractivity contribution in [1.29, 1.82) is 0 Å². The lowest BCUT2D eigenvalue weighted by Crippen LogP contribution is -2.39. The van der Waals surface area contributed by atoms with Crippen LogP contribution in [0, 0.1) is 5.82 Å². The molecule has 0 radical (unpaired) electrons. The van der Waals surface area contributed by atoms with Crippen LogP contribution >= 0.6 is 11.8 Å². The van der Waals surface area contributed by atoms with Crippen molar-refractivity contribution in [3.63, 3.8) is 0 Å². The highest BCUT2D eigenvalue weighted by molar-refractivity contribution is 7.98. The molecular formula is C14H22FNO2S. The van der Waals surface area contributed by atoms with Crippen LogP contribution in [0.2, 0.25) is 0 Å². The minimum Gasteiger partial charge on any atom is -0.488 e. The van der Waals surface area contributed by atoms with Crippen LogP contribution in [0.25, 0.3) is 0 Å². The highest BCUT2D eigenvalue weighted by atomic mass is 32.2. The van der Waals surface area contributed by atoms with E-state index in [0.29, 0.717) is 12.6 Å². The van der Waals surface area contributed by atoms with E-state index >= 15 is 0 Å². The van der Waals surface area contributed by atoms with Gasteiger partial charge in [-0.05, 0) is 24.8 Å². The van der Waals surface area contributed by atoms with Gasteiger partial charge in [-0.15, -0.1) is 0 Å². The summed E-state index contributed by atoms with van der Waals surface area (Å²) in [6.07, 6.45) is 2.43. The van der Waals surface area contributed by atoms with Gasteiger partial charge in [-0.25, -0.2) is 4.39 Å². The van der Waals surface area contributed by atoms with Crippen LogP contribution in [0.3, 0.4) is 0 Å². The second kappa shape index (κ2) is 9.18. The van der Waals surface area contributed by atoms with Crippen molar-refractivity contribution in [2.24, 2.45) is 0 Å². The molecule has 2 unspecified atom stereocenters. The van der Waals surface area contributed by atoms with Gasteiger partial charge in [0.15, 0.2) is 11.6 Å². The van der Waals surface area contributed by atoms with Gasteiger partial charge in [-0.3, -0.25) is 0 Å². The first-order chi connectivity index (χ1) is 9.17. The SMILES string of the molecule is CCC(CSC)NCC(O)COc1ccccc1F. The Morgan fingerprint density at radius 1 is 1.42 bits per heavy atom. The fourth-order valence-electron chi connectivity index (χ4n) is 1.63. The highest BCUT2D eigenvalue weighted by Gasteiger charge is 2.10. The molecule has 1 rings (SSSR count). The van der Waals surface area contributed by atoms with Crippen molar-refractivity contribution in [2.45, 2.75) is 25.5 Å². The van der Waals surface area contributed by atoms with Gasteiger partial charge in [-0.1, -0.05) is 19.1 Å². The largest absolute Gasteiger partial charge is 0.488 e. The smallest absolute Gasteiger partial charge is 0.165 e. The van der Waals surface area contributed by atoms with E-state index in [9.17, 15) is 9.50 Å². The van der Waals surface area contributed by atoms with Gasteiger partial charge in [-0.2, -0.15) is 11.8 Å². The molecular weight excluding hydrogens is 265 g/mol. The summed E-state index contributed by atoms with van der Waals surface area (Å²) in [7, 11) is 0. The number of para-hydroxylation sites is 1. The lowest BCUT2D eigenvalue weighted by Gasteiger charge is -2.19. The molecule has 0 spiro atoms. The van der Waals surface area contributed by atoms with Crippen LogP contribution in [-0.4, -0.2) is 42.4 Å². The van der Waals surface area contributed by atoms with Gasteiger partial charge >= 0.3 is 0 Å². The molecule has 0 aliphatic rings. The normalized spacial score (nSPS) is 14.1. The molecule has 2 N–H and O–H groups in total. The molecule has 5 heteroatoms. The number of thioether (sulfide) groups is 1. The Labute approximate surface area is 118 Å². The molecule has 0 fully saturated rings. The highest BCUT2D eigenvalue weighted by Crippen LogP contribution is 2.15. The maximum atomic E-state index is 13.3. The number of halogens is 1. The molecule has 108 valence electrons. The molecule has 3 nitrogen and oxygen atoms in total. The lowest BCUT2D eigenvalue weighted by molar-refractivity contribution is 0.102. The van der Waals surface area contributed by atoms with Gasteiger partial charge in [0.05, 0.1) is 0 Å². The van der Waals surface area contributed by atoms with E-state index in [4.69, 9.17) is 4.74 Å². The molecule has 1 aromatic rings. The Morgan fingerprint density at radius 3 is 2.79 bits per heavy atom. The summed E-state index contributed by atoms with van der Waals surface area (Å²) in [5, 5.41) is 13.1. The van der Waals surface area contributed by atoms with Crippen LogP contribution in [0.5, 0.6) is 5.75 Å². The molecule has 0 heterocycles. The summed E-state index contributed by atoms with van der Waals surface area (Å²) < 4.78 is 18.5. The van der Waals surface area contributed by atoms with E-state index < -0.39 is 11.9 Å². The maximum Gasteiger partial charge on any atom is 0.165 e. The van der Waals surface area contributed by atoms with Crippen molar-refractivity contribution in [1.82, 2.24) is 5.32 Å². The first-order valence-electron chi connectivity index (χ1n) is 6.45. The second-order valence-corrected chi connectivity index (χ2v) is 5.27. The van der Waals surface area contributed by atoms with Gasteiger partial charge in [0.1, 0.15) is 12.7 Å². The maximum absolute atomic E-state index is 13.3. The number of hydrogen-bond acceptors (Lipinski definition) is 4. The van der Waals surface area contributed by atoms with Crippen LogP contribution in [0.1, 0.15) is 13.3 Å². The molecule has 0 saturated carbocycles. The fraction of sp³-hybridized carbons (Fsp3) is 0.571. The standard InChI is InChI=1S/C14H22FNO2S/c1-3-11(10-19-2)16-8-12(17)9-18-14-7-5-4-6-13(14)15/h4-7,11-12,16-17H,3,8-10H2,1-2H3. The number of hydrogen-bond donors (Lipinski definition) is 2. The molecule has 19 heavy (non-hydrogen) atoms. The zero-order valence-electron chi connectivity index (χ0n) is 11.4. The molecule has 1 aromatic carbocycles.